The second-order valence-corrected chi connectivity index (χ2v) is 8.61. The summed E-state index contributed by atoms with van der Waals surface area (Å²) < 4.78 is 32.2. The quantitative estimate of drug-likeness (QED) is 0.752. The fraction of sp³-hybridized carbons (Fsp3) is 0.714. The predicted molar refractivity (Wildman–Crippen MR) is 87.3 cm³/mol. The van der Waals surface area contributed by atoms with Crippen LogP contribution in [0.25, 0.3) is 0 Å². The van der Waals surface area contributed by atoms with Gasteiger partial charge in [0.1, 0.15) is 4.21 Å². The highest BCUT2D eigenvalue weighted by Crippen LogP contribution is 2.27. The molecule has 0 saturated carbocycles. The molecule has 1 rings (SSSR count). The van der Waals surface area contributed by atoms with E-state index in [1.54, 1.807) is 13.1 Å². The lowest BCUT2D eigenvalue weighted by Gasteiger charge is -2.16. The van der Waals surface area contributed by atoms with Gasteiger partial charge in [-0.05, 0) is 38.9 Å². The van der Waals surface area contributed by atoms with E-state index in [0.717, 1.165) is 17.0 Å². The minimum absolute atomic E-state index is 0.108. The van der Waals surface area contributed by atoms with Gasteiger partial charge in [0.25, 0.3) is 10.0 Å². The Morgan fingerprint density at radius 3 is 2.67 bits per heavy atom. The van der Waals surface area contributed by atoms with Crippen LogP contribution in [0.15, 0.2) is 10.3 Å². The van der Waals surface area contributed by atoms with Gasteiger partial charge >= 0.3 is 0 Å². The number of ether oxygens (including phenoxy) is 1. The first kappa shape index (κ1) is 18.6. The van der Waals surface area contributed by atoms with Crippen molar-refractivity contribution in [1.29, 1.82) is 0 Å². The van der Waals surface area contributed by atoms with Crippen LogP contribution in [0.3, 0.4) is 0 Å². The van der Waals surface area contributed by atoms with Crippen molar-refractivity contribution in [2.45, 2.75) is 44.6 Å². The molecular formula is C14H26N2O3S2. The molecule has 0 aromatic carbocycles. The van der Waals surface area contributed by atoms with Gasteiger partial charge in [-0.15, -0.1) is 11.3 Å². The topological polar surface area (TPSA) is 58.6 Å². The normalized spacial score (nSPS) is 12.5. The zero-order chi connectivity index (χ0) is 16.0. The summed E-state index contributed by atoms with van der Waals surface area (Å²) in [6, 6.07) is 1.76. The monoisotopic (exact) mass is 334 g/mol. The average Bonchev–Trinajstić information content (AvgIpc) is 2.77. The van der Waals surface area contributed by atoms with Gasteiger partial charge in [0.2, 0.25) is 0 Å². The summed E-state index contributed by atoms with van der Waals surface area (Å²) in [7, 11) is -1.82. The highest BCUT2D eigenvalue weighted by atomic mass is 32.2. The Hall–Kier alpha value is -0.470. The molecule has 1 aromatic heterocycles. The van der Waals surface area contributed by atoms with Gasteiger partial charge < -0.3 is 10.1 Å². The summed E-state index contributed by atoms with van der Waals surface area (Å²) in [5, 5.41) is 3.23. The van der Waals surface area contributed by atoms with E-state index < -0.39 is 10.0 Å². The van der Waals surface area contributed by atoms with Crippen molar-refractivity contribution in [3.8, 4) is 0 Å². The maximum Gasteiger partial charge on any atom is 0.252 e. The van der Waals surface area contributed by atoms with Crippen molar-refractivity contribution in [1.82, 2.24) is 9.62 Å². The first-order chi connectivity index (χ1) is 9.78. The Morgan fingerprint density at radius 1 is 1.43 bits per heavy atom. The Balaban J connectivity index is 2.77. The number of nitrogens with zero attached hydrogens (tertiary/aromatic N) is 1. The van der Waals surface area contributed by atoms with Gasteiger partial charge in [-0.1, -0.05) is 6.92 Å². The lowest BCUT2D eigenvalue weighted by Crippen LogP contribution is -2.30. The molecule has 0 radical (unpaired) electrons. The maximum absolute atomic E-state index is 12.5. The summed E-state index contributed by atoms with van der Waals surface area (Å²) >= 11 is 1.34. The number of nitrogens with one attached hydrogen (secondary N) is 1. The van der Waals surface area contributed by atoms with Crippen LogP contribution in [0, 0.1) is 6.92 Å². The number of likely N-dealkylation sites (N-methyl/N-ethyl adjacent to an activating group) is 1. The van der Waals surface area contributed by atoms with Crippen molar-refractivity contribution in [2.75, 3.05) is 26.7 Å². The van der Waals surface area contributed by atoms with E-state index in [-0.39, 0.29) is 6.10 Å². The highest BCUT2D eigenvalue weighted by molar-refractivity contribution is 7.91. The molecule has 5 nitrogen and oxygen atoms in total. The number of rotatable bonds is 9. The van der Waals surface area contributed by atoms with Gasteiger partial charge in [-0.25, -0.2) is 8.42 Å². The van der Waals surface area contributed by atoms with Crippen molar-refractivity contribution < 1.29 is 13.2 Å². The number of hydrogen-bond donors (Lipinski definition) is 1. The molecule has 122 valence electrons. The molecule has 1 heterocycles. The number of sulfonamides is 1. The molecule has 0 fully saturated rings. The Labute approximate surface area is 132 Å². The summed E-state index contributed by atoms with van der Waals surface area (Å²) in [6.45, 7) is 10.2. The van der Waals surface area contributed by atoms with Gasteiger partial charge in [-0.2, -0.15) is 4.31 Å². The van der Waals surface area contributed by atoms with Gasteiger partial charge in [0.15, 0.2) is 0 Å². The van der Waals surface area contributed by atoms with Gasteiger partial charge in [-0.3, -0.25) is 0 Å². The lowest BCUT2D eigenvalue weighted by atomic mass is 10.3. The van der Waals surface area contributed by atoms with Gasteiger partial charge in [0.05, 0.1) is 12.7 Å². The smallest absolute Gasteiger partial charge is 0.252 e. The molecule has 0 aliphatic heterocycles. The Kier molecular flexibility index (Phi) is 7.29. The van der Waals surface area contributed by atoms with Crippen molar-refractivity contribution in [3.63, 3.8) is 0 Å². The maximum atomic E-state index is 12.5. The number of hydrogen-bond acceptors (Lipinski definition) is 5. The van der Waals surface area contributed by atoms with Crippen LogP contribution in [0.5, 0.6) is 0 Å². The van der Waals surface area contributed by atoms with E-state index in [0.29, 0.717) is 23.9 Å². The van der Waals surface area contributed by atoms with Crippen molar-refractivity contribution in [3.05, 3.63) is 16.5 Å². The molecule has 0 spiro atoms. The molecule has 1 aromatic rings. The number of thiophene rings is 1. The zero-order valence-electron chi connectivity index (χ0n) is 13.5. The fourth-order valence-electron chi connectivity index (χ4n) is 1.72. The molecule has 0 saturated heterocycles. The minimum atomic E-state index is -3.42. The van der Waals surface area contributed by atoms with E-state index in [1.165, 1.54) is 15.6 Å². The molecule has 0 amide bonds. The predicted octanol–water partition coefficient (Wildman–Crippen LogP) is 2.21. The molecule has 0 aliphatic carbocycles. The lowest BCUT2D eigenvalue weighted by molar-refractivity contribution is 0.0737. The van der Waals surface area contributed by atoms with Crippen LogP contribution in [-0.4, -0.2) is 45.6 Å². The first-order valence-electron chi connectivity index (χ1n) is 7.17. The summed E-state index contributed by atoms with van der Waals surface area (Å²) in [5.74, 6) is 0. The van der Waals surface area contributed by atoms with Crippen molar-refractivity contribution >= 4 is 21.4 Å². The molecule has 0 unspecified atom stereocenters. The van der Waals surface area contributed by atoms with Gasteiger partial charge in [0, 0.05) is 25.0 Å². The van der Waals surface area contributed by atoms with E-state index in [9.17, 15) is 8.42 Å². The summed E-state index contributed by atoms with van der Waals surface area (Å²) in [6.07, 6.45) is 0.108. The molecule has 21 heavy (non-hydrogen) atoms. The molecule has 7 heteroatoms. The summed E-state index contributed by atoms with van der Waals surface area (Å²) in [5.41, 5.74) is 1.02. The molecule has 0 atom stereocenters. The SMILES string of the molecule is CCNCc1sc(S(=O)(=O)N(C)CCOC(C)C)cc1C. The molecule has 1 N–H and O–H groups in total. The molecule has 0 bridgehead atoms. The Morgan fingerprint density at radius 2 is 2.10 bits per heavy atom. The van der Waals surface area contributed by atoms with Crippen LogP contribution in [0.4, 0.5) is 0 Å². The third kappa shape index (κ3) is 5.34. The first-order valence-corrected chi connectivity index (χ1v) is 9.42. The van der Waals surface area contributed by atoms with Crippen LogP contribution in [-0.2, 0) is 21.3 Å². The van der Waals surface area contributed by atoms with Crippen LogP contribution in [0.2, 0.25) is 0 Å². The average molecular weight is 335 g/mol. The van der Waals surface area contributed by atoms with Crippen LogP contribution >= 0.6 is 11.3 Å². The van der Waals surface area contributed by atoms with E-state index in [2.05, 4.69) is 5.32 Å². The number of aryl methyl sites for hydroxylation is 1. The second kappa shape index (κ2) is 8.24. The van der Waals surface area contributed by atoms with Crippen LogP contribution in [0.1, 0.15) is 31.2 Å². The summed E-state index contributed by atoms with van der Waals surface area (Å²) in [4.78, 5) is 1.07. The van der Waals surface area contributed by atoms with E-state index in [1.807, 2.05) is 27.7 Å². The third-order valence-electron chi connectivity index (χ3n) is 3.06. The minimum Gasteiger partial charge on any atom is -0.377 e. The van der Waals surface area contributed by atoms with E-state index >= 15 is 0 Å². The molecular weight excluding hydrogens is 308 g/mol. The fourth-order valence-corrected chi connectivity index (χ4v) is 4.65. The molecule has 0 aliphatic rings. The van der Waals surface area contributed by atoms with E-state index in [4.69, 9.17) is 4.74 Å². The highest BCUT2D eigenvalue weighted by Gasteiger charge is 2.23. The third-order valence-corrected chi connectivity index (χ3v) is 6.60. The zero-order valence-corrected chi connectivity index (χ0v) is 15.1. The van der Waals surface area contributed by atoms with Crippen LogP contribution < -0.4 is 5.32 Å². The second-order valence-electron chi connectivity index (χ2n) is 5.20. The largest absolute Gasteiger partial charge is 0.377 e. The van der Waals surface area contributed by atoms with Crippen molar-refractivity contribution in [2.24, 2.45) is 0 Å². The Bertz CT molecular complexity index is 538. The standard InChI is InChI=1S/C14H26N2O3S2/c1-6-15-10-13-12(4)9-14(20-13)21(17,18)16(5)7-8-19-11(2)3/h9,11,15H,6-8,10H2,1-5H3.